The van der Waals surface area contributed by atoms with Gasteiger partial charge in [-0.2, -0.15) is 0 Å². The fourth-order valence-electron chi connectivity index (χ4n) is 2.87. The number of aromatic amines is 1. The largest absolute Gasteiger partial charge is 0.388 e. The van der Waals surface area contributed by atoms with Gasteiger partial charge in [0, 0.05) is 24.2 Å². The number of fused-ring (bicyclic) bond motifs is 1. The predicted molar refractivity (Wildman–Crippen MR) is 74.8 cm³/mol. The Morgan fingerprint density at radius 1 is 1.30 bits per heavy atom. The molecular formula is C15H16N2O3. The summed E-state index contributed by atoms with van der Waals surface area (Å²) in [6, 6.07) is 7.74. The van der Waals surface area contributed by atoms with Crippen LogP contribution in [0.5, 0.6) is 0 Å². The van der Waals surface area contributed by atoms with Gasteiger partial charge in [-0.05, 0) is 24.5 Å². The van der Waals surface area contributed by atoms with Gasteiger partial charge in [-0.25, -0.2) is 4.79 Å². The Bertz CT molecular complexity index is 760. The Morgan fingerprint density at radius 3 is 2.75 bits per heavy atom. The van der Waals surface area contributed by atoms with E-state index in [0.29, 0.717) is 18.5 Å². The van der Waals surface area contributed by atoms with Crippen molar-refractivity contribution in [2.24, 2.45) is 0 Å². The molecule has 1 aromatic heterocycles. The summed E-state index contributed by atoms with van der Waals surface area (Å²) in [5, 5.41) is 10.1. The summed E-state index contributed by atoms with van der Waals surface area (Å²) in [4.78, 5) is 25.5. The molecule has 0 spiro atoms. The van der Waals surface area contributed by atoms with Gasteiger partial charge in [-0.15, -0.1) is 0 Å². The smallest absolute Gasteiger partial charge is 0.328 e. The van der Waals surface area contributed by atoms with Gasteiger partial charge in [0.2, 0.25) is 0 Å². The third-order valence-electron chi connectivity index (χ3n) is 3.91. The van der Waals surface area contributed by atoms with Crippen LogP contribution in [0.15, 0.2) is 40.1 Å². The van der Waals surface area contributed by atoms with Crippen LogP contribution in [0.2, 0.25) is 0 Å². The molecule has 20 heavy (non-hydrogen) atoms. The molecule has 0 unspecified atom stereocenters. The summed E-state index contributed by atoms with van der Waals surface area (Å²) in [5.74, 6) is 0.0872. The summed E-state index contributed by atoms with van der Waals surface area (Å²) in [6.45, 7) is 2.14. The normalized spacial score (nSPS) is 20.9. The van der Waals surface area contributed by atoms with Gasteiger partial charge in [0.05, 0.1) is 6.10 Å². The van der Waals surface area contributed by atoms with Crippen LogP contribution in [-0.4, -0.2) is 14.7 Å². The van der Waals surface area contributed by atoms with E-state index in [4.69, 9.17) is 0 Å². The fourth-order valence-corrected chi connectivity index (χ4v) is 2.87. The highest BCUT2D eigenvalue weighted by Crippen LogP contribution is 2.40. The van der Waals surface area contributed by atoms with Crippen molar-refractivity contribution in [3.05, 3.63) is 68.0 Å². The molecule has 0 bridgehead atoms. The summed E-state index contributed by atoms with van der Waals surface area (Å²) in [7, 11) is 0. The van der Waals surface area contributed by atoms with Gasteiger partial charge in [-0.1, -0.05) is 24.3 Å². The Kier molecular flexibility index (Phi) is 3.06. The maximum Gasteiger partial charge on any atom is 0.328 e. The zero-order valence-electron chi connectivity index (χ0n) is 11.2. The number of nitrogens with zero attached hydrogens (tertiary/aromatic N) is 1. The van der Waals surface area contributed by atoms with E-state index in [1.54, 1.807) is 13.1 Å². The van der Waals surface area contributed by atoms with Crippen molar-refractivity contribution in [3.63, 3.8) is 0 Å². The lowest BCUT2D eigenvalue weighted by molar-refractivity contribution is 0.170. The maximum atomic E-state index is 11.8. The molecule has 0 fully saturated rings. The molecule has 1 heterocycles. The van der Waals surface area contributed by atoms with Gasteiger partial charge in [0.1, 0.15) is 0 Å². The summed E-state index contributed by atoms with van der Waals surface area (Å²) < 4.78 is 1.51. The number of hydrogen-bond acceptors (Lipinski definition) is 3. The number of benzene rings is 1. The SMILES string of the molecule is Cc1cn(C[C@@H]2C[C@H](O)c3ccccc32)c(=O)[nH]c1=O. The van der Waals surface area contributed by atoms with Crippen LogP contribution in [-0.2, 0) is 6.54 Å². The number of H-pyrrole nitrogens is 1. The molecule has 1 aliphatic carbocycles. The first kappa shape index (κ1) is 12.9. The zero-order chi connectivity index (χ0) is 14.3. The molecule has 0 radical (unpaired) electrons. The molecule has 5 nitrogen and oxygen atoms in total. The van der Waals surface area contributed by atoms with Crippen LogP contribution in [0, 0.1) is 6.92 Å². The number of aliphatic hydroxyl groups is 1. The number of rotatable bonds is 2. The molecule has 1 aromatic carbocycles. The number of hydrogen-bond donors (Lipinski definition) is 2. The van der Waals surface area contributed by atoms with E-state index in [-0.39, 0.29) is 11.5 Å². The van der Waals surface area contributed by atoms with E-state index in [2.05, 4.69) is 4.98 Å². The van der Waals surface area contributed by atoms with Gasteiger partial charge < -0.3 is 5.11 Å². The van der Waals surface area contributed by atoms with E-state index in [1.165, 1.54) is 4.57 Å². The Morgan fingerprint density at radius 2 is 2.00 bits per heavy atom. The van der Waals surface area contributed by atoms with Crippen LogP contribution < -0.4 is 11.2 Å². The van der Waals surface area contributed by atoms with Gasteiger partial charge in [0.15, 0.2) is 0 Å². The number of aromatic nitrogens is 2. The summed E-state index contributed by atoms with van der Waals surface area (Å²) >= 11 is 0. The molecule has 104 valence electrons. The molecule has 0 saturated heterocycles. The average Bonchev–Trinajstić information content (AvgIpc) is 2.74. The van der Waals surface area contributed by atoms with Crippen molar-refractivity contribution in [3.8, 4) is 0 Å². The monoisotopic (exact) mass is 272 g/mol. The van der Waals surface area contributed by atoms with E-state index >= 15 is 0 Å². The number of aryl methyl sites for hydroxylation is 1. The third kappa shape index (κ3) is 2.10. The van der Waals surface area contributed by atoms with Crippen LogP contribution in [0.3, 0.4) is 0 Å². The first-order chi connectivity index (χ1) is 9.56. The Balaban J connectivity index is 1.96. The highest BCUT2D eigenvalue weighted by molar-refractivity contribution is 5.36. The van der Waals surface area contributed by atoms with Crippen molar-refractivity contribution in [2.45, 2.75) is 31.9 Å². The summed E-state index contributed by atoms with van der Waals surface area (Å²) in [5.41, 5.74) is 1.77. The number of aliphatic hydroxyl groups excluding tert-OH is 1. The molecule has 0 amide bonds. The van der Waals surface area contributed by atoms with Crippen LogP contribution in [0.25, 0.3) is 0 Å². The predicted octanol–water partition coefficient (Wildman–Crippen LogP) is 1.07. The molecule has 1 aliphatic rings. The maximum absolute atomic E-state index is 11.8. The Labute approximate surface area is 115 Å². The van der Waals surface area contributed by atoms with Crippen LogP contribution in [0.4, 0.5) is 0 Å². The second-order valence-electron chi connectivity index (χ2n) is 5.30. The standard InChI is InChI=1S/C15H16N2O3/c1-9-7-17(15(20)16-14(9)19)8-10-6-13(18)12-5-3-2-4-11(10)12/h2-5,7,10,13,18H,6,8H2,1H3,(H,16,19,20)/t10-,13-/m0/s1. The minimum atomic E-state index is -0.476. The van der Waals surface area contributed by atoms with Crippen LogP contribution in [0.1, 0.15) is 35.1 Å². The van der Waals surface area contributed by atoms with Crippen molar-refractivity contribution in [2.75, 3.05) is 0 Å². The molecule has 0 aliphatic heterocycles. The first-order valence-electron chi connectivity index (χ1n) is 6.63. The quantitative estimate of drug-likeness (QED) is 0.858. The van der Waals surface area contributed by atoms with Gasteiger partial charge in [0.25, 0.3) is 5.56 Å². The molecule has 5 heteroatoms. The molecule has 3 rings (SSSR count). The second kappa shape index (κ2) is 4.76. The topological polar surface area (TPSA) is 75.1 Å². The van der Waals surface area contributed by atoms with Gasteiger partial charge >= 0.3 is 5.69 Å². The second-order valence-corrected chi connectivity index (χ2v) is 5.30. The third-order valence-corrected chi connectivity index (χ3v) is 3.91. The lowest BCUT2D eigenvalue weighted by Crippen LogP contribution is -2.32. The molecular weight excluding hydrogens is 256 g/mol. The van der Waals surface area contributed by atoms with E-state index in [9.17, 15) is 14.7 Å². The highest BCUT2D eigenvalue weighted by atomic mass is 16.3. The lowest BCUT2D eigenvalue weighted by atomic mass is 10.0. The van der Waals surface area contributed by atoms with Gasteiger partial charge in [-0.3, -0.25) is 14.3 Å². The molecule has 2 aromatic rings. The first-order valence-corrected chi connectivity index (χ1v) is 6.63. The van der Waals surface area contributed by atoms with E-state index in [1.807, 2.05) is 24.3 Å². The van der Waals surface area contributed by atoms with Crippen molar-refractivity contribution in [1.29, 1.82) is 0 Å². The Hall–Kier alpha value is -2.14. The lowest BCUT2D eigenvalue weighted by Gasteiger charge is -2.13. The minimum Gasteiger partial charge on any atom is -0.388 e. The van der Waals surface area contributed by atoms with Crippen molar-refractivity contribution < 1.29 is 5.11 Å². The highest BCUT2D eigenvalue weighted by Gasteiger charge is 2.29. The van der Waals surface area contributed by atoms with Crippen LogP contribution >= 0.6 is 0 Å². The number of nitrogens with one attached hydrogen (secondary N) is 1. The van der Waals surface area contributed by atoms with E-state index < -0.39 is 11.8 Å². The van der Waals surface area contributed by atoms with Crippen molar-refractivity contribution >= 4 is 0 Å². The zero-order valence-corrected chi connectivity index (χ0v) is 11.2. The van der Waals surface area contributed by atoms with Crippen molar-refractivity contribution in [1.82, 2.24) is 9.55 Å². The fraction of sp³-hybridized carbons (Fsp3) is 0.333. The molecule has 2 N–H and O–H groups in total. The molecule has 0 saturated carbocycles. The average molecular weight is 272 g/mol. The molecule has 2 atom stereocenters. The minimum absolute atomic E-state index is 0.0872. The van der Waals surface area contributed by atoms with E-state index in [0.717, 1.165) is 11.1 Å². The summed E-state index contributed by atoms with van der Waals surface area (Å²) in [6.07, 6.45) is 1.70.